The van der Waals surface area contributed by atoms with Crippen LogP contribution >= 0.6 is 0 Å². The van der Waals surface area contributed by atoms with Gasteiger partial charge in [0.25, 0.3) is 0 Å². The molecular formula is C31H45NO7. The molecule has 1 aromatic rings. The van der Waals surface area contributed by atoms with Crippen molar-refractivity contribution in [2.24, 2.45) is 28.6 Å². The zero-order chi connectivity index (χ0) is 28.7. The number of rotatable bonds is 10. The quantitative estimate of drug-likeness (QED) is 0.296. The molecule has 0 radical (unpaired) electrons. The summed E-state index contributed by atoms with van der Waals surface area (Å²) >= 11 is 0. The molecule has 3 aliphatic rings. The van der Waals surface area contributed by atoms with E-state index in [1.165, 1.54) is 18.2 Å². The number of hydrogen-bond acceptors (Lipinski definition) is 7. The number of Topliss-reactive ketones (excluding diaryl/α,β-unsaturated/α-hetero) is 1. The molecule has 3 N–H and O–H groups in total. The molecule has 0 spiro atoms. The van der Waals surface area contributed by atoms with E-state index < -0.39 is 23.8 Å². The molecule has 4 unspecified atom stereocenters. The lowest BCUT2D eigenvalue weighted by molar-refractivity contribution is -0.166. The third-order valence-electron chi connectivity index (χ3n) is 10.7. The molecule has 8 nitrogen and oxygen atoms in total. The Morgan fingerprint density at radius 1 is 1.13 bits per heavy atom. The molecule has 2 saturated carbocycles. The number of aromatic hydroxyl groups is 2. The van der Waals surface area contributed by atoms with Crippen LogP contribution in [0, 0.1) is 28.6 Å². The number of ether oxygens (including phenoxy) is 1. The van der Waals surface area contributed by atoms with Crippen LogP contribution in [0.5, 0.6) is 11.5 Å². The van der Waals surface area contributed by atoms with E-state index in [1.54, 1.807) is 4.90 Å². The summed E-state index contributed by atoms with van der Waals surface area (Å²) in [6.45, 7) is 11.1. The average Bonchev–Trinajstić information content (AvgIpc) is 3.52. The van der Waals surface area contributed by atoms with Gasteiger partial charge >= 0.3 is 5.97 Å². The van der Waals surface area contributed by atoms with Crippen LogP contribution in [0.4, 0.5) is 0 Å². The minimum absolute atomic E-state index is 0.0374. The molecular weight excluding hydrogens is 498 g/mol. The SMILES string of the molecule is CCC(C)[C@H](CC(=O)[C@H](O)Cc1ccc(O)c(O)c1)C(=O)N1CCC[C@H]1C(=O)OC1CC2CCC1(C)C2(C)C. The molecule has 1 aromatic carbocycles. The largest absolute Gasteiger partial charge is 0.504 e. The van der Waals surface area contributed by atoms with Crippen LogP contribution in [0.25, 0.3) is 0 Å². The van der Waals surface area contributed by atoms with Gasteiger partial charge in [-0.05, 0) is 67.1 Å². The number of phenols is 2. The minimum atomic E-state index is -1.35. The van der Waals surface area contributed by atoms with E-state index in [0.29, 0.717) is 37.3 Å². The second-order valence-electron chi connectivity index (χ2n) is 12.9. The first-order valence-corrected chi connectivity index (χ1v) is 14.5. The zero-order valence-corrected chi connectivity index (χ0v) is 24.0. The number of phenolic OH excluding ortho intramolecular Hbond substituents is 2. The van der Waals surface area contributed by atoms with Crippen LogP contribution in [-0.2, 0) is 25.5 Å². The van der Waals surface area contributed by atoms with Crippen LogP contribution in [0.1, 0.15) is 85.1 Å². The molecule has 4 rings (SSSR count). The number of esters is 1. The van der Waals surface area contributed by atoms with Gasteiger partial charge in [-0.15, -0.1) is 0 Å². The lowest BCUT2D eigenvalue weighted by Crippen LogP contribution is -2.48. The lowest BCUT2D eigenvalue weighted by atomic mass is 9.70. The van der Waals surface area contributed by atoms with E-state index in [2.05, 4.69) is 20.8 Å². The van der Waals surface area contributed by atoms with E-state index in [0.717, 1.165) is 19.3 Å². The second kappa shape index (κ2) is 11.1. The Kier molecular flexibility index (Phi) is 8.36. The maximum absolute atomic E-state index is 13.8. The molecule has 1 saturated heterocycles. The fraction of sp³-hybridized carbons (Fsp3) is 0.710. The van der Waals surface area contributed by atoms with Gasteiger partial charge in [0.05, 0.1) is 0 Å². The third-order valence-corrected chi connectivity index (χ3v) is 10.7. The van der Waals surface area contributed by atoms with E-state index in [4.69, 9.17) is 4.74 Å². The average molecular weight is 544 g/mol. The smallest absolute Gasteiger partial charge is 0.329 e. The predicted octanol–water partition coefficient (Wildman–Crippen LogP) is 4.37. The lowest BCUT2D eigenvalue weighted by Gasteiger charge is -2.39. The maximum atomic E-state index is 13.8. The highest BCUT2D eigenvalue weighted by Crippen LogP contribution is 2.66. The summed E-state index contributed by atoms with van der Waals surface area (Å²) in [5, 5.41) is 29.8. The summed E-state index contributed by atoms with van der Waals surface area (Å²) in [7, 11) is 0. The van der Waals surface area contributed by atoms with Crippen LogP contribution < -0.4 is 0 Å². The van der Waals surface area contributed by atoms with Gasteiger partial charge in [0.1, 0.15) is 18.2 Å². The Morgan fingerprint density at radius 2 is 1.85 bits per heavy atom. The van der Waals surface area contributed by atoms with Crippen LogP contribution in [0.15, 0.2) is 18.2 Å². The van der Waals surface area contributed by atoms with Crippen molar-refractivity contribution in [1.82, 2.24) is 4.90 Å². The van der Waals surface area contributed by atoms with Gasteiger partial charge in [0.15, 0.2) is 17.3 Å². The first kappa shape index (κ1) is 29.4. The number of amides is 1. The Labute approximate surface area is 231 Å². The van der Waals surface area contributed by atoms with Crippen LogP contribution in [0.2, 0.25) is 0 Å². The number of carbonyl (C=O) groups is 3. The number of likely N-dealkylation sites (tertiary alicyclic amines) is 1. The third kappa shape index (κ3) is 5.41. The van der Waals surface area contributed by atoms with Crippen LogP contribution in [0.3, 0.4) is 0 Å². The van der Waals surface area contributed by atoms with Crippen molar-refractivity contribution in [3.05, 3.63) is 23.8 Å². The molecule has 1 amide bonds. The van der Waals surface area contributed by atoms with Crippen molar-refractivity contribution >= 4 is 17.7 Å². The molecule has 2 bridgehead atoms. The highest BCUT2D eigenvalue weighted by atomic mass is 16.5. The molecule has 39 heavy (non-hydrogen) atoms. The van der Waals surface area contributed by atoms with Crippen molar-refractivity contribution in [2.75, 3.05) is 6.54 Å². The number of aliphatic hydroxyl groups excluding tert-OH is 1. The number of nitrogens with zero attached hydrogens (tertiary/aromatic N) is 1. The number of hydrogen-bond donors (Lipinski definition) is 3. The number of ketones is 1. The van der Waals surface area contributed by atoms with Crippen molar-refractivity contribution in [3.63, 3.8) is 0 Å². The number of aliphatic hydroxyl groups is 1. The Balaban J connectivity index is 1.42. The topological polar surface area (TPSA) is 124 Å². The first-order valence-electron chi connectivity index (χ1n) is 14.5. The summed E-state index contributed by atoms with van der Waals surface area (Å²) in [6.07, 6.45) is 3.34. The molecule has 3 fully saturated rings. The summed E-state index contributed by atoms with van der Waals surface area (Å²) in [5.74, 6) is -1.86. The maximum Gasteiger partial charge on any atom is 0.329 e. The van der Waals surface area contributed by atoms with Gasteiger partial charge < -0.3 is 25.0 Å². The molecule has 216 valence electrons. The Morgan fingerprint density at radius 3 is 2.44 bits per heavy atom. The monoisotopic (exact) mass is 543 g/mol. The van der Waals surface area contributed by atoms with E-state index in [-0.39, 0.29) is 59.1 Å². The van der Waals surface area contributed by atoms with Gasteiger partial charge in [-0.25, -0.2) is 4.79 Å². The summed E-state index contributed by atoms with van der Waals surface area (Å²) in [6, 6.07) is 3.50. The van der Waals surface area contributed by atoms with Gasteiger partial charge in [0.2, 0.25) is 5.91 Å². The Bertz CT molecular complexity index is 1100. The van der Waals surface area contributed by atoms with E-state index in [9.17, 15) is 29.7 Å². The minimum Gasteiger partial charge on any atom is -0.504 e. The van der Waals surface area contributed by atoms with Crippen molar-refractivity contribution < 1.29 is 34.4 Å². The molecule has 1 heterocycles. The molecule has 8 heteroatoms. The van der Waals surface area contributed by atoms with Gasteiger partial charge in [-0.1, -0.05) is 47.1 Å². The van der Waals surface area contributed by atoms with Gasteiger partial charge in [-0.2, -0.15) is 0 Å². The van der Waals surface area contributed by atoms with Crippen molar-refractivity contribution in [3.8, 4) is 11.5 Å². The van der Waals surface area contributed by atoms with Crippen LogP contribution in [-0.4, -0.2) is 62.7 Å². The highest BCUT2D eigenvalue weighted by molar-refractivity contribution is 5.91. The first-order chi connectivity index (χ1) is 18.3. The fourth-order valence-electron chi connectivity index (χ4n) is 7.22. The number of benzene rings is 1. The van der Waals surface area contributed by atoms with E-state index >= 15 is 0 Å². The molecule has 0 aromatic heterocycles. The number of fused-ring (bicyclic) bond motifs is 2. The van der Waals surface area contributed by atoms with E-state index in [1.807, 2.05) is 13.8 Å². The summed E-state index contributed by atoms with van der Waals surface area (Å²) in [4.78, 5) is 41.9. The zero-order valence-electron chi connectivity index (χ0n) is 24.0. The summed E-state index contributed by atoms with van der Waals surface area (Å²) in [5.41, 5.74) is 0.555. The Hall–Kier alpha value is -2.61. The second-order valence-corrected chi connectivity index (χ2v) is 12.9. The molecule has 2 aliphatic carbocycles. The predicted molar refractivity (Wildman–Crippen MR) is 146 cm³/mol. The van der Waals surface area contributed by atoms with Crippen molar-refractivity contribution in [2.45, 2.75) is 104 Å². The highest BCUT2D eigenvalue weighted by Gasteiger charge is 2.63. The van der Waals surface area contributed by atoms with Crippen molar-refractivity contribution in [1.29, 1.82) is 0 Å². The standard InChI is InChI=1S/C31H45NO7/c1-6-18(2)21(17-26(36)25(35)15-19-9-10-23(33)24(34)14-19)28(37)32-13-7-8-22(32)29(38)39-27-16-20-11-12-31(27,5)30(20,3)4/h9-10,14,18,20-22,25,27,33-35H,6-8,11-13,15-17H2,1-5H3/t18?,20?,21-,22-,25+,27?,31?/m0/s1. The fourth-order valence-corrected chi connectivity index (χ4v) is 7.22. The van der Waals surface area contributed by atoms with Gasteiger partial charge in [0, 0.05) is 30.7 Å². The summed E-state index contributed by atoms with van der Waals surface area (Å²) < 4.78 is 6.14. The van der Waals surface area contributed by atoms with Gasteiger partial charge in [-0.3, -0.25) is 9.59 Å². The number of carbonyl (C=O) groups excluding carboxylic acids is 3. The molecule has 7 atom stereocenters. The normalized spacial score (nSPS) is 29.7. The molecule has 1 aliphatic heterocycles.